The van der Waals surface area contributed by atoms with Gasteiger partial charge in [0.1, 0.15) is 18.5 Å². The number of nitrogens with zero attached hydrogens (tertiary/aromatic N) is 1. The SMILES string of the molecule is O=C(NOC[C@H](O)CO)c1ccc(F)c(F)c1Nc1ncc(F)cc1F. The highest BCUT2D eigenvalue weighted by Gasteiger charge is 2.21. The lowest BCUT2D eigenvalue weighted by Gasteiger charge is -2.14. The van der Waals surface area contributed by atoms with Crippen LogP contribution in [0.5, 0.6) is 0 Å². The third-order valence-corrected chi connectivity index (χ3v) is 3.04. The summed E-state index contributed by atoms with van der Waals surface area (Å²) in [7, 11) is 0. The normalized spacial score (nSPS) is 11.9. The number of aliphatic hydroxyl groups is 2. The first-order valence-electron chi connectivity index (χ1n) is 7.10. The van der Waals surface area contributed by atoms with Crippen molar-refractivity contribution in [3.8, 4) is 0 Å². The third kappa shape index (κ3) is 4.65. The number of rotatable bonds is 7. The fourth-order valence-corrected chi connectivity index (χ4v) is 1.80. The predicted octanol–water partition coefficient (Wildman–Crippen LogP) is 1.40. The van der Waals surface area contributed by atoms with Gasteiger partial charge in [0.05, 0.1) is 24.1 Å². The molecule has 26 heavy (non-hydrogen) atoms. The van der Waals surface area contributed by atoms with Gasteiger partial charge in [-0.25, -0.2) is 28.0 Å². The van der Waals surface area contributed by atoms with Crippen LogP contribution < -0.4 is 10.8 Å². The van der Waals surface area contributed by atoms with Crippen molar-refractivity contribution in [1.29, 1.82) is 0 Å². The lowest BCUT2D eigenvalue weighted by molar-refractivity contribution is -0.0295. The van der Waals surface area contributed by atoms with Gasteiger partial charge in [-0.15, -0.1) is 0 Å². The largest absolute Gasteiger partial charge is 0.394 e. The van der Waals surface area contributed by atoms with Crippen LogP contribution in [0.1, 0.15) is 10.4 Å². The van der Waals surface area contributed by atoms with E-state index in [1.165, 1.54) is 0 Å². The molecule has 1 atom stereocenters. The van der Waals surface area contributed by atoms with Crippen molar-refractivity contribution < 1.29 is 37.4 Å². The summed E-state index contributed by atoms with van der Waals surface area (Å²) in [5, 5.41) is 19.8. The molecule has 0 spiro atoms. The molecule has 1 amide bonds. The maximum absolute atomic E-state index is 14.1. The summed E-state index contributed by atoms with van der Waals surface area (Å²) in [6, 6.07) is 2.02. The van der Waals surface area contributed by atoms with Gasteiger partial charge in [-0.2, -0.15) is 0 Å². The fourth-order valence-electron chi connectivity index (χ4n) is 1.80. The summed E-state index contributed by atoms with van der Waals surface area (Å²) in [5.74, 6) is -6.70. The Morgan fingerprint density at radius 1 is 1.23 bits per heavy atom. The molecule has 2 aromatic rings. The lowest BCUT2D eigenvalue weighted by Crippen LogP contribution is -2.30. The molecule has 0 radical (unpaired) electrons. The second kappa shape index (κ2) is 8.56. The van der Waals surface area contributed by atoms with Gasteiger partial charge in [0.15, 0.2) is 23.3 Å². The summed E-state index contributed by atoms with van der Waals surface area (Å²) in [6.07, 6.45) is -0.628. The molecule has 0 aliphatic heterocycles. The number of hydroxylamine groups is 1. The number of anilines is 2. The monoisotopic (exact) mass is 375 g/mol. The number of carbonyl (C=O) groups excluding carboxylic acids is 1. The number of nitrogens with one attached hydrogen (secondary N) is 2. The Hall–Kier alpha value is -2.76. The second-order valence-corrected chi connectivity index (χ2v) is 4.97. The van der Waals surface area contributed by atoms with Crippen LogP contribution in [0, 0.1) is 23.3 Å². The Kier molecular flexibility index (Phi) is 6.44. The van der Waals surface area contributed by atoms with Gasteiger partial charge in [0, 0.05) is 6.07 Å². The standard InChI is InChI=1S/C15H13F4N3O4/c16-7-3-11(18)14(20-4-7)21-13-9(1-2-10(17)12(13)19)15(25)22-26-6-8(24)5-23/h1-4,8,23-24H,5-6H2,(H,20,21)(H,22,25)/t8-/m1/s1. The van der Waals surface area contributed by atoms with E-state index in [2.05, 4.69) is 15.1 Å². The maximum Gasteiger partial charge on any atom is 0.277 e. The van der Waals surface area contributed by atoms with Crippen molar-refractivity contribution in [3.05, 3.63) is 53.2 Å². The van der Waals surface area contributed by atoms with Crippen LogP contribution in [0.3, 0.4) is 0 Å². The van der Waals surface area contributed by atoms with Crippen molar-refractivity contribution in [2.24, 2.45) is 0 Å². The van der Waals surface area contributed by atoms with Crippen molar-refractivity contribution in [3.63, 3.8) is 0 Å². The minimum atomic E-state index is -1.50. The van der Waals surface area contributed by atoms with Crippen LogP contribution in [-0.2, 0) is 4.84 Å². The van der Waals surface area contributed by atoms with Crippen LogP contribution in [-0.4, -0.2) is 40.4 Å². The first kappa shape index (κ1) is 19.6. The zero-order valence-corrected chi connectivity index (χ0v) is 13.0. The van der Waals surface area contributed by atoms with Crippen LogP contribution >= 0.6 is 0 Å². The molecule has 0 aliphatic rings. The Balaban J connectivity index is 2.27. The number of pyridine rings is 1. The van der Waals surface area contributed by atoms with Crippen LogP contribution in [0.4, 0.5) is 29.1 Å². The van der Waals surface area contributed by atoms with E-state index in [9.17, 15) is 22.4 Å². The van der Waals surface area contributed by atoms with E-state index in [4.69, 9.17) is 10.2 Å². The summed E-state index contributed by atoms with van der Waals surface area (Å²) in [5.41, 5.74) is 0.611. The van der Waals surface area contributed by atoms with E-state index in [0.717, 1.165) is 6.07 Å². The molecule has 0 unspecified atom stereocenters. The van der Waals surface area contributed by atoms with Gasteiger partial charge in [-0.1, -0.05) is 0 Å². The molecular weight excluding hydrogens is 362 g/mol. The number of hydrogen-bond acceptors (Lipinski definition) is 6. The Morgan fingerprint density at radius 3 is 2.62 bits per heavy atom. The van der Waals surface area contributed by atoms with E-state index in [-0.39, 0.29) is 0 Å². The van der Waals surface area contributed by atoms with Crippen molar-refractivity contribution in [2.75, 3.05) is 18.5 Å². The number of benzene rings is 1. The highest BCUT2D eigenvalue weighted by molar-refractivity contribution is 5.99. The van der Waals surface area contributed by atoms with Crippen LogP contribution in [0.25, 0.3) is 0 Å². The molecule has 4 N–H and O–H groups in total. The molecular formula is C15H13F4N3O4. The zero-order chi connectivity index (χ0) is 19.3. The quantitative estimate of drug-likeness (QED) is 0.431. The number of aromatic nitrogens is 1. The van der Waals surface area contributed by atoms with Gasteiger partial charge in [-0.05, 0) is 12.1 Å². The summed E-state index contributed by atoms with van der Waals surface area (Å²) >= 11 is 0. The maximum atomic E-state index is 14.1. The van der Waals surface area contributed by atoms with Gasteiger partial charge in [-0.3, -0.25) is 9.63 Å². The highest BCUT2D eigenvalue weighted by Crippen LogP contribution is 2.27. The second-order valence-electron chi connectivity index (χ2n) is 4.97. The topological polar surface area (TPSA) is 104 Å². The minimum Gasteiger partial charge on any atom is -0.394 e. The molecule has 2 rings (SSSR count). The molecule has 0 aliphatic carbocycles. The number of hydrogen-bond donors (Lipinski definition) is 4. The van der Waals surface area contributed by atoms with E-state index in [1.807, 2.05) is 5.48 Å². The van der Waals surface area contributed by atoms with Crippen LogP contribution in [0.15, 0.2) is 24.4 Å². The fraction of sp³-hybridized carbons (Fsp3) is 0.200. The van der Waals surface area contributed by atoms with Crippen LogP contribution in [0.2, 0.25) is 0 Å². The number of aliphatic hydroxyl groups excluding tert-OH is 2. The molecule has 1 heterocycles. The Bertz CT molecular complexity index is 807. The average molecular weight is 375 g/mol. The Morgan fingerprint density at radius 2 is 1.96 bits per heavy atom. The van der Waals surface area contributed by atoms with E-state index in [0.29, 0.717) is 18.3 Å². The summed E-state index contributed by atoms with van der Waals surface area (Å²) in [4.78, 5) is 20.0. The molecule has 11 heteroatoms. The molecule has 0 bridgehead atoms. The third-order valence-electron chi connectivity index (χ3n) is 3.04. The van der Waals surface area contributed by atoms with Crippen molar-refractivity contribution in [1.82, 2.24) is 10.5 Å². The highest BCUT2D eigenvalue weighted by atomic mass is 19.2. The van der Waals surface area contributed by atoms with Crippen molar-refractivity contribution in [2.45, 2.75) is 6.10 Å². The van der Waals surface area contributed by atoms with Crippen molar-refractivity contribution >= 4 is 17.4 Å². The molecule has 0 saturated carbocycles. The molecule has 7 nitrogen and oxygen atoms in total. The Labute approximate surface area is 144 Å². The van der Waals surface area contributed by atoms with E-state index >= 15 is 0 Å². The number of carbonyl (C=O) groups is 1. The van der Waals surface area contributed by atoms with Gasteiger partial charge < -0.3 is 15.5 Å². The summed E-state index contributed by atoms with van der Waals surface area (Å²) < 4.78 is 54.1. The van der Waals surface area contributed by atoms with Gasteiger partial charge in [0.2, 0.25) is 0 Å². The van der Waals surface area contributed by atoms with E-state index < -0.39 is 65.6 Å². The molecule has 140 valence electrons. The van der Waals surface area contributed by atoms with Gasteiger partial charge in [0.25, 0.3) is 5.91 Å². The lowest BCUT2D eigenvalue weighted by atomic mass is 10.1. The zero-order valence-electron chi connectivity index (χ0n) is 13.0. The molecule has 0 saturated heterocycles. The molecule has 1 aromatic carbocycles. The average Bonchev–Trinajstić information content (AvgIpc) is 2.60. The van der Waals surface area contributed by atoms with E-state index in [1.54, 1.807) is 0 Å². The predicted molar refractivity (Wildman–Crippen MR) is 80.3 cm³/mol. The van der Waals surface area contributed by atoms with Gasteiger partial charge >= 0.3 is 0 Å². The minimum absolute atomic E-state index is 0.464. The first-order valence-corrected chi connectivity index (χ1v) is 7.10. The number of halogens is 4. The smallest absolute Gasteiger partial charge is 0.277 e. The number of amides is 1. The molecule has 1 aromatic heterocycles. The first-order chi connectivity index (χ1) is 12.3. The molecule has 0 fully saturated rings. The summed E-state index contributed by atoms with van der Waals surface area (Å²) in [6.45, 7) is -1.09.